The van der Waals surface area contributed by atoms with E-state index < -0.39 is 0 Å². The van der Waals surface area contributed by atoms with Gasteiger partial charge in [-0.15, -0.1) is 11.8 Å². The molecule has 1 rings (SSSR count). The number of nitrogens with two attached hydrogens (primary N) is 1. The van der Waals surface area contributed by atoms with Crippen molar-refractivity contribution in [2.45, 2.75) is 24.7 Å². The van der Waals surface area contributed by atoms with Gasteiger partial charge in [-0.1, -0.05) is 6.92 Å². The molecular weight excluding hydrogens is 234 g/mol. The number of hydrogen-bond donors (Lipinski definition) is 1. The largest absolute Gasteiger partial charge is 0.496 e. The first-order valence-corrected chi connectivity index (χ1v) is 6.88. The highest BCUT2D eigenvalue weighted by Gasteiger charge is 2.14. The number of Topliss-reactive ketones (excluding diaryl/α,β-unsaturated/α-hetero) is 1. The minimum atomic E-state index is 0.0813. The van der Waals surface area contributed by atoms with Crippen LogP contribution in [0.1, 0.15) is 29.3 Å². The van der Waals surface area contributed by atoms with Crippen LogP contribution in [0.25, 0.3) is 0 Å². The van der Waals surface area contributed by atoms with E-state index in [1.165, 1.54) is 0 Å². The average molecular weight is 253 g/mol. The first-order valence-electron chi connectivity index (χ1n) is 5.66. The normalized spacial score (nSPS) is 10.4. The highest BCUT2D eigenvalue weighted by Crippen LogP contribution is 2.30. The number of benzene rings is 1. The van der Waals surface area contributed by atoms with Gasteiger partial charge < -0.3 is 10.5 Å². The maximum Gasteiger partial charge on any atom is 0.165 e. The quantitative estimate of drug-likeness (QED) is 0.625. The van der Waals surface area contributed by atoms with Crippen LogP contribution in [0.15, 0.2) is 17.0 Å². The molecule has 0 unspecified atom stereocenters. The molecule has 3 nitrogen and oxygen atoms in total. The number of carbonyl (C=O) groups excluding carboxylic acids is 1. The lowest BCUT2D eigenvalue weighted by molar-refractivity contribution is 0.0982. The summed E-state index contributed by atoms with van der Waals surface area (Å²) in [5.74, 6) is 0.864. The Kier molecular flexibility index (Phi) is 5.51. The monoisotopic (exact) mass is 253 g/mol. The van der Waals surface area contributed by atoms with Crippen LogP contribution in [0, 0.1) is 0 Å². The van der Waals surface area contributed by atoms with E-state index in [1.54, 1.807) is 18.9 Å². The summed E-state index contributed by atoms with van der Waals surface area (Å²) in [6, 6.07) is 3.87. The van der Waals surface area contributed by atoms with Gasteiger partial charge in [-0.05, 0) is 36.9 Å². The molecule has 0 heterocycles. The molecule has 0 saturated heterocycles. The van der Waals surface area contributed by atoms with Crippen molar-refractivity contribution in [1.29, 1.82) is 0 Å². The Balaban J connectivity index is 3.23. The number of rotatable bonds is 6. The van der Waals surface area contributed by atoms with Crippen LogP contribution in [0.4, 0.5) is 0 Å². The van der Waals surface area contributed by atoms with Crippen molar-refractivity contribution in [3.05, 3.63) is 23.3 Å². The second-order valence-corrected chi connectivity index (χ2v) is 4.53. The second-order valence-electron chi connectivity index (χ2n) is 3.68. The van der Waals surface area contributed by atoms with Gasteiger partial charge >= 0.3 is 0 Å². The third-order valence-corrected chi connectivity index (χ3v) is 3.43. The summed E-state index contributed by atoms with van der Waals surface area (Å²) in [4.78, 5) is 12.9. The predicted molar refractivity (Wildman–Crippen MR) is 72.2 cm³/mol. The summed E-state index contributed by atoms with van der Waals surface area (Å²) in [7, 11) is 1.63. The number of ether oxygens (including phenoxy) is 1. The van der Waals surface area contributed by atoms with Gasteiger partial charge in [0.1, 0.15) is 5.75 Å². The molecule has 0 fully saturated rings. The van der Waals surface area contributed by atoms with Gasteiger partial charge in [-0.2, -0.15) is 0 Å². The van der Waals surface area contributed by atoms with Crippen LogP contribution in [0.5, 0.6) is 5.75 Å². The molecule has 94 valence electrons. The average Bonchev–Trinajstić information content (AvgIpc) is 2.37. The van der Waals surface area contributed by atoms with Crippen LogP contribution >= 0.6 is 11.8 Å². The van der Waals surface area contributed by atoms with Crippen molar-refractivity contribution in [3.8, 4) is 5.75 Å². The number of methoxy groups -OCH3 is 1. The number of aryl methyl sites for hydroxylation is 1. The molecule has 2 N–H and O–H groups in total. The molecule has 0 aliphatic carbocycles. The van der Waals surface area contributed by atoms with Gasteiger partial charge in [0.2, 0.25) is 0 Å². The Morgan fingerprint density at radius 1 is 1.47 bits per heavy atom. The molecule has 4 heteroatoms. The number of hydrogen-bond acceptors (Lipinski definition) is 4. The Morgan fingerprint density at radius 2 is 2.18 bits per heavy atom. The van der Waals surface area contributed by atoms with E-state index in [-0.39, 0.29) is 5.78 Å². The number of thioether (sulfide) groups is 1. The smallest absolute Gasteiger partial charge is 0.165 e. The van der Waals surface area contributed by atoms with Gasteiger partial charge in [0.15, 0.2) is 5.78 Å². The van der Waals surface area contributed by atoms with Crippen LogP contribution < -0.4 is 10.5 Å². The van der Waals surface area contributed by atoms with E-state index >= 15 is 0 Å². The van der Waals surface area contributed by atoms with E-state index in [2.05, 4.69) is 6.92 Å². The van der Waals surface area contributed by atoms with Gasteiger partial charge in [-0.25, -0.2) is 0 Å². The van der Waals surface area contributed by atoms with Crippen LogP contribution in [-0.4, -0.2) is 25.7 Å². The third-order valence-electron chi connectivity index (χ3n) is 2.66. The zero-order chi connectivity index (χ0) is 12.8. The first kappa shape index (κ1) is 14.1. The number of carbonyl (C=O) groups is 1. The molecule has 0 radical (unpaired) electrons. The highest BCUT2D eigenvalue weighted by molar-refractivity contribution is 7.98. The summed E-state index contributed by atoms with van der Waals surface area (Å²) in [5, 5.41) is 0. The summed E-state index contributed by atoms with van der Waals surface area (Å²) in [5.41, 5.74) is 7.27. The molecule has 0 atom stereocenters. The fourth-order valence-corrected chi connectivity index (χ4v) is 2.37. The van der Waals surface area contributed by atoms with E-state index in [9.17, 15) is 4.79 Å². The Labute approximate surface area is 107 Å². The molecule has 0 aromatic heterocycles. The van der Waals surface area contributed by atoms with E-state index in [0.29, 0.717) is 13.0 Å². The summed E-state index contributed by atoms with van der Waals surface area (Å²) < 4.78 is 5.31. The minimum Gasteiger partial charge on any atom is -0.496 e. The molecule has 0 aliphatic rings. The standard InChI is InChI=1S/C13H19NO2S/c1-4-9-7-13(17-3)10(8-12(9)16-2)11(15)5-6-14/h7-8H,4-6,14H2,1-3H3. The lowest BCUT2D eigenvalue weighted by Crippen LogP contribution is -2.10. The summed E-state index contributed by atoms with van der Waals surface area (Å²) in [6.07, 6.45) is 3.24. The van der Waals surface area contributed by atoms with Crippen molar-refractivity contribution in [2.75, 3.05) is 19.9 Å². The molecule has 0 bridgehead atoms. The van der Waals surface area contributed by atoms with Crippen molar-refractivity contribution >= 4 is 17.5 Å². The molecule has 17 heavy (non-hydrogen) atoms. The summed E-state index contributed by atoms with van der Waals surface area (Å²) >= 11 is 1.58. The van der Waals surface area contributed by atoms with E-state index in [0.717, 1.165) is 28.2 Å². The Hall–Kier alpha value is -1.00. The van der Waals surface area contributed by atoms with Crippen LogP contribution in [0.2, 0.25) is 0 Å². The Morgan fingerprint density at radius 3 is 2.65 bits per heavy atom. The highest BCUT2D eigenvalue weighted by atomic mass is 32.2. The van der Waals surface area contributed by atoms with Crippen molar-refractivity contribution < 1.29 is 9.53 Å². The molecule has 0 amide bonds. The number of ketones is 1. The topological polar surface area (TPSA) is 52.3 Å². The molecule has 0 spiro atoms. The maximum atomic E-state index is 11.9. The fraction of sp³-hybridized carbons (Fsp3) is 0.462. The lowest BCUT2D eigenvalue weighted by atomic mass is 10.0. The van der Waals surface area contributed by atoms with Crippen molar-refractivity contribution in [3.63, 3.8) is 0 Å². The lowest BCUT2D eigenvalue weighted by Gasteiger charge is -2.12. The molecule has 1 aromatic carbocycles. The summed E-state index contributed by atoms with van der Waals surface area (Å²) in [6.45, 7) is 2.45. The van der Waals surface area contributed by atoms with Gasteiger partial charge in [0.25, 0.3) is 0 Å². The molecule has 0 saturated carbocycles. The van der Waals surface area contributed by atoms with Crippen molar-refractivity contribution in [2.24, 2.45) is 5.73 Å². The van der Waals surface area contributed by atoms with Gasteiger partial charge in [0, 0.05) is 16.9 Å². The van der Waals surface area contributed by atoms with E-state index in [4.69, 9.17) is 10.5 Å². The SMILES string of the molecule is CCc1cc(SC)c(C(=O)CCN)cc1OC. The molecular formula is C13H19NO2S. The van der Waals surface area contributed by atoms with E-state index in [1.807, 2.05) is 18.4 Å². The van der Waals surface area contributed by atoms with Crippen LogP contribution in [0.3, 0.4) is 0 Å². The fourth-order valence-electron chi connectivity index (χ4n) is 1.72. The predicted octanol–water partition coefficient (Wildman–Crippen LogP) is 2.51. The first-order chi connectivity index (χ1) is 8.17. The van der Waals surface area contributed by atoms with Gasteiger partial charge in [-0.3, -0.25) is 4.79 Å². The third kappa shape index (κ3) is 3.23. The maximum absolute atomic E-state index is 11.9. The molecule has 0 aliphatic heterocycles. The van der Waals surface area contributed by atoms with Crippen LogP contribution in [-0.2, 0) is 6.42 Å². The minimum absolute atomic E-state index is 0.0813. The molecule has 1 aromatic rings. The van der Waals surface area contributed by atoms with Crippen molar-refractivity contribution in [1.82, 2.24) is 0 Å². The zero-order valence-corrected chi connectivity index (χ0v) is 11.4. The Bertz CT molecular complexity index is 405. The second kappa shape index (κ2) is 6.67. The zero-order valence-electron chi connectivity index (χ0n) is 10.6. The van der Waals surface area contributed by atoms with Gasteiger partial charge in [0.05, 0.1) is 7.11 Å².